The van der Waals surface area contributed by atoms with Gasteiger partial charge >= 0.3 is 0 Å². The molecule has 4 nitrogen and oxygen atoms in total. The molecule has 0 bridgehead atoms. The first kappa shape index (κ1) is 13.5. The third kappa shape index (κ3) is 2.89. The lowest BCUT2D eigenvalue weighted by Gasteiger charge is -2.19. The molecule has 1 aromatic heterocycles. The van der Waals surface area contributed by atoms with E-state index in [2.05, 4.69) is 13.8 Å². The first-order valence-electron chi connectivity index (χ1n) is 6.55. The lowest BCUT2D eigenvalue weighted by molar-refractivity contribution is 0.0745. The van der Waals surface area contributed by atoms with Gasteiger partial charge in [-0.1, -0.05) is 20.3 Å². The second-order valence-electron chi connectivity index (χ2n) is 5.11. The van der Waals surface area contributed by atoms with Gasteiger partial charge in [0.05, 0.1) is 0 Å². The van der Waals surface area contributed by atoms with Gasteiger partial charge in [-0.2, -0.15) is 0 Å². The van der Waals surface area contributed by atoms with Crippen LogP contribution in [0.25, 0.3) is 11.0 Å². The quantitative estimate of drug-likeness (QED) is 0.859. The molecule has 2 rings (SSSR count). The van der Waals surface area contributed by atoms with Crippen LogP contribution in [0, 0.1) is 5.92 Å². The molecule has 0 aliphatic rings. The number of hydrogen-bond acceptors (Lipinski definition) is 3. The summed E-state index contributed by atoms with van der Waals surface area (Å²) in [5.41, 5.74) is 7.07. The summed E-state index contributed by atoms with van der Waals surface area (Å²) in [4.78, 5) is 14.0. The van der Waals surface area contributed by atoms with E-state index >= 15 is 0 Å². The van der Waals surface area contributed by atoms with Crippen molar-refractivity contribution in [3.05, 3.63) is 30.0 Å². The summed E-state index contributed by atoms with van der Waals surface area (Å²) in [5, 5.41) is 0.861. The van der Waals surface area contributed by atoms with Gasteiger partial charge in [0.2, 0.25) is 0 Å². The third-order valence-electron chi connectivity index (χ3n) is 3.38. The number of rotatable bonds is 4. The van der Waals surface area contributed by atoms with Gasteiger partial charge in [0.25, 0.3) is 5.91 Å². The molecule has 0 saturated carbocycles. The molecule has 2 aromatic rings. The van der Waals surface area contributed by atoms with Crippen LogP contribution in [0.4, 0.5) is 5.69 Å². The maximum Gasteiger partial charge on any atom is 0.289 e. The number of nitrogens with two attached hydrogens (primary N) is 1. The zero-order valence-electron chi connectivity index (χ0n) is 11.6. The Labute approximate surface area is 113 Å². The Balaban J connectivity index is 2.21. The van der Waals surface area contributed by atoms with Crippen molar-refractivity contribution >= 4 is 22.6 Å². The summed E-state index contributed by atoms with van der Waals surface area (Å²) in [5.74, 6) is 0.760. The lowest BCUT2D eigenvalue weighted by atomic mass is 10.1. The molecule has 1 heterocycles. The van der Waals surface area contributed by atoms with Crippen LogP contribution in [0.15, 0.2) is 28.7 Å². The van der Waals surface area contributed by atoms with Crippen molar-refractivity contribution < 1.29 is 9.21 Å². The number of amides is 1. The molecular formula is C15H20N2O2. The molecule has 1 amide bonds. The van der Waals surface area contributed by atoms with E-state index in [-0.39, 0.29) is 5.91 Å². The van der Waals surface area contributed by atoms with Crippen molar-refractivity contribution in [3.8, 4) is 0 Å². The second kappa shape index (κ2) is 5.34. The Morgan fingerprint density at radius 3 is 2.84 bits per heavy atom. The van der Waals surface area contributed by atoms with E-state index in [0.29, 0.717) is 22.9 Å². The molecule has 0 radical (unpaired) electrons. The number of anilines is 1. The monoisotopic (exact) mass is 260 g/mol. The summed E-state index contributed by atoms with van der Waals surface area (Å²) in [6, 6.07) is 7.12. The third-order valence-corrected chi connectivity index (χ3v) is 3.38. The summed E-state index contributed by atoms with van der Waals surface area (Å²) in [6.45, 7) is 4.98. The number of carbonyl (C=O) groups excluding carboxylic acids is 1. The molecule has 4 heteroatoms. The topological polar surface area (TPSA) is 59.5 Å². The van der Waals surface area contributed by atoms with Gasteiger partial charge < -0.3 is 15.1 Å². The fraction of sp³-hybridized carbons (Fsp3) is 0.400. The smallest absolute Gasteiger partial charge is 0.289 e. The van der Waals surface area contributed by atoms with Crippen LogP contribution in [0.3, 0.4) is 0 Å². The number of furan rings is 1. The van der Waals surface area contributed by atoms with Crippen LogP contribution in [0.2, 0.25) is 0 Å². The van der Waals surface area contributed by atoms with Crippen molar-refractivity contribution in [1.29, 1.82) is 0 Å². The Morgan fingerprint density at radius 1 is 1.42 bits per heavy atom. The molecule has 1 atom stereocenters. The molecule has 102 valence electrons. The van der Waals surface area contributed by atoms with E-state index in [4.69, 9.17) is 10.2 Å². The van der Waals surface area contributed by atoms with Crippen LogP contribution < -0.4 is 5.73 Å². The number of nitrogen functional groups attached to an aromatic ring is 1. The fourth-order valence-electron chi connectivity index (χ4n) is 2.03. The standard InChI is InChI=1S/C15H20N2O2/c1-4-10(2)9-17(3)15(18)14-8-11-7-12(16)5-6-13(11)19-14/h5-8,10H,4,9,16H2,1-3H3. The maximum atomic E-state index is 12.3. The molecule has 0 aliphatic carbocycles. The Kier molecular flexibility index (Phi) is 3.79. The maximum absolute atomic E-state index is 12.3. The summed E-state index contributed by atoms with van der Waals surface area (Å²) >= 11 is 0. The van der Waals surface area contributed by atoms with E-state index in [0.717, 1.165) is 18.4 Å². The van der Waals surface area contributed by atoms with Gasteiger partial charge in [0.1, 0.15) is 5.58 Å². The highest BCUT2D eigenvalue weighted by Crippen LogP contribution is 2.22. The fourth-order valence-corrected chi connectivity index (χ4v) is 2.03. The van der Waals surface area contributed by atoms with Crippen molar-refractivity contribution in [3.63, 3.8) is 0 Å². The van der Waals surface area contributed by atoms with Gasteiger partial charge in [-0.15, -0.1) is 0 Å². The van der Waals surface area contributed by atoms with Crippen LogP contribution in [-0.2, 0) is 0 Å². The Morgan fingerprint density at radius 2 is 2.16 bits per heavy atom. The van der Waals surface area contributed by atoms with Crippen LogP contribution in [-0.4, -0.2) is 24.4 Å². The largest absolute Gasteiger partial charge is 0.451 e. The average Bonchev–Trinajstić information content (AvgIpc) is 2.80. The SMILES string of the molecule is CCC(C)CN(C)C(=O)c1cc2cc(N)ccc2o1. The highest BCUT2D eigenvalue weighted by molar-refractivity contribution is 5.96. The van der Waals surface area contributed by atoms with Crippen LogP contribution in [0.5, 0.6) is 0 Å². The first-order chi connectivity index (χ1) is 9.01. The predicted octanol–water partition coefficient (Wildman–Crippen LogP) is 3.13. The molecule has 0 spiro atoms. The summed E-state index contributed by atoms with van der Waals surface area (Å²) in [6.07, 6.45) is 1.05. The molecule has 1 unspecified atom stereocenters. The zero-order chi connectivity index (χ0) is 14.0. The molecule has 1 aromatic carbocycles. The number of carbonyl (C=O) groups is 1. The van der Waals surface area contributed by atoms with Crippen molar-refractivity contribution in [1.82, 2.24) is 4.90 Å². The van der Waals surface area contributed by atoms with Gasteiger partial charge in [-0.25, -0.2) is 0 Å². The minimum absolute atomic E-state index is 0.0879. The Bertz CT molecular complexity index is 589. The molecule has 0 fully saturated rings. The summed E-state index contributed by atoms with van der Waals surface area (Å²) in [7, 11) is 1.80. The molecular weight excluding hydrogens is 240 g/mol. The average molecular weight is 260 g/mol. The number of hydrogen-bond donors (Lipinski definition) is 1. The minimum Gasteiger partial charge on any atom is -0.451 e. The highest BCUT2D eigenvalue weighted by atomic mass is 16.3. The van der Waals surface area contributed by atoms with E-state index in [1.807, 2.05) is 6.07 Å². The van der Waals surface area contributed by atoms with Crippen LogP contribution >= 0.6 is 0 Å². The molecule has 19 heavy (non-hydrogen) atoms. The summed E-state index contributed by atoms with van der Waals surface area (Å²) < 4.78 is 5.57. The van der Waals surface area contributed by atoms with Gasteiger partial charge in [-0.05, 0) is 30.2 Å². The van der Waals surface area contributed by atoms with Crippen molar-refractivity contribution in [2.75, 3.05) is 19.3 Å². The van der Waals surface area contributed by atoms with Gasteiger partial charge in [-0.3, -0.25) is 4.79 Å². The minimum atomic E-state index is -0.0879. The highest BCUT2D eigenvalue weighted by Gasteiger charge is 2.18. The second-order valence-corrected chi connectivity index (χ2v) is 5.11. The zero-order valence-corrected chi connectivity index (χ0v) is 11.6. The van der Waals surface area contributed by atoms with E-state index < -0.39 is 0 Å². The van der Waals surface area contributed by atoms with E-state index in [1.54, 1.807) is 30.1 Å². The molecule has 0 saturated heterocycles. The number of fused-ring (bicyclic) bond motifs is 1. The molecule has 2 N–H and O–H groups in total. The Hall–Kier alpha value is -1.97. The number of nitrogens with zero attached hydrogens (tertiary/aromatic N) is 1. The lowest BCUT2D eigenvalue weighted by Crippen LogP contribution is -2.30. The van der Waals surface area contributed by atoms with E-state index in [9.17, 15) is 4.79 Å². The molecule has 0 aliphatic heterocycles. The van der Waals surface area contributed by atoms with Crippen molar-refractivity contribution in [2.24, 2.45) is 5.92 Å². The van der Waals surface area contributed by atoms with Gasteiger partial charge in [0.15, 0.2) is 5.76 Å². The van der Waals surface area contributed by atoms with Crippen molar-refractivity contribution in [2.45, 2.75) is 20.3 Å². The first-order valence-corrected chi connectivity index (χ1v) is 6.55. The number of benzene rings is 1. The normalized spacial score (nSPS) is 12.6. The van der Waals surface area contributed by atoms with E-state index in [1.165, 1.54) is 0 Å². The van der Waals surface area contributed by atoms with Crippen LogP contribution in [0.1, 0.15) is 30.8 Å². The van der Waals surface area contributed by atoms with Gasteiger partial charge in [0, 0.05) is 24.7 Å². The predicted molar refractivity (Wildman–Crippen MR) is 77.0 cm³/mol.